The normalized spacial score (nSPS) is 17.9. The Labute approximate surface area is 178 Å². The molecule has 2 fully saturated rings. The predicted octanol–water partition coefficient (Wildman–Crippen LogP) is 4.08. The third-order valence-electron chi connectivity index (χ3n) is 5.57. The topological polar surface area (TPSA) is 62.2 Å². The van der Waals surface area contributed by atoms with Gasteiger partial charge in [-0.2, -0.15) is 0 Å². The number of carbonyl (C=O) groups is 1. The van der Waals surface area contributed by atoms with Gasteiger partial charge in [0.05, 0.1) is 5.56 Å². The summed E-state index contributed by atoms with van der Waals surface area (Å²) in [5, 5.41) is 2.48. The molecular weight excluding hydrogens is 402 g/mol. The van der Waals surface area contributed by atoms with E-state index in [-0.39, 0.29) is 5.91 Å². The molecule has 1 aliphatic heterocycles. The van der Waals surface area contributed by atoms with Gasteiger partial charge in [-0.25, -0.2) is 15.0 Å². The Morgan fingerprint density at radius 2 is 1.79 bits per heavy atom. The number of hydrogen-bond donors (Lipinski definition) is 0. The highest BCUT2D eigenvalue weighted by atomic mass is 32.2. The summed E-state index contributed by atoms with van der Waals surface area (Å²) < 4.78 is 0. The number of piperazine rings is 1. The molecule has 5 rings (SSSR count). The van der Waals surface area contributed by atoms with Gasteiger partial charge in [0.2, 0.25) is 0 Å². The number of aromatic nitrogens is 3. The SMILES string of the molecule is O=C(c1cccnc1SC1CCCC1)N1CCN(c2nc3cccnc3s2)CC1. The highest BCUT2D eigenvalue weighted by Crippen LogP contribution is 2.35. The number of hydrogen-bond acceptors (Lipinski definition) is 7. The second-order valence-electron chi connectivity index (χ2n) is 7.48. The Balaban J connectivity index is 1.26. The van der Waals surface area contributed by atoms with Crippen molar-refractivity contribution in [1.82, 2.24) is 19.9 Å². The van der Waals surface area contributed by atoms with Gasteiger partial charge in [-0.15, -0.1) is 11.8 Å². The molecule has 150 valence electrons. The molecule has 6 nitrogen and oxygen atoms in total. The Kier molecular flexibility index (Phi) is 5.37. The average Bonchev–Trinajstić information content (AvgIpc) is 3.43. The lowest BCUT2D eigenvalue weighted by Crippen LogP contribution is -2.48. The lowest BCUT2D eigenvalue weighted by atomic mass is 10.2. The molecule has 29 heavy (non-hydrogen) atoms. The number of nitrogens with zero attached hydrogens (tertiary/aromatic N) is 5. The fraction of sp³-hybridized carbons (Fsp3) is 0.429. The molecule has 2 aliphatic rings. The number of thioether (sulfide) groups is 1. The minimum Gasteiger partial charge on any atom is -0.344 e. The number of rotatable bonds is 4. The molecule has 0 N–H and O–H groups in total. The maximum absolute atomic E-state index is 13.2. The van der Waals surface area contributed by atoms with Crippen molar-refractivity contribution in [1.29, 1.82) is 0 Å². The van der Waals surface area contributed by atoms with Crippen LogP contribution in [0.25, 0.3) is 10.3 Å². The van der Waals surface area contributed by atoms with Gasteiger partial charge in [-0.1, -0.05) is 24.2 Å². The standard InChI is InChI=1S/C21H23N5OS2/c27-20(16-7-3-9-22-18(16)28-15-5-1-2-6-15)25-11-13-26(14-12-25)21-24-17-8-4-10-23-19(17)29-21/h3-4,7-10,15H,1-2,5-6,11-14H2. The summed E-state index contributed by atoms with van der Waals surface area (Å²) in [6, 6.07) is 7.71. The fourth-order valence-corrected chi connectivity index (χ4v) is 6.23. The minimum atomic E-state index is 0.101. The number of amides is 1. The Morgan fingerprint density at radius 1 is 1.03 bits per heavy atom. The molecule has 0 radical (unpaired) electrons. The van der Waals surface area contributed by atoms with E-state index in [1.807, 2.05) is 29.2 Å². The van der Waals surface area contributed by atoms with Crippen molar-refractivity contribution in [2.45, 2.75) is 36.0 Å². The van der Waals surface area contributed by atoms with Crippen molar-refractivity contribution < 1.29 is 4.79 Å². The second-order valence-corrected chi connectivity index (χ2v) is 9.73. The lowest BCUT2D eigenvalue weighted by molar-refractivity contribution is 0.0742. The van der Waals surface area contributed by atoms with Gasteiger partial charge in [0.1, 0.15) is 15.4 Å². The van der Waals surface area contributed by atoms with Gasteiger partial charge < -0.3 is 9.80 Å². The van der Waals surface area contributed by atoms with E-state index in [0.29, 0.717) is 18.3 Å². The van der Waals surface area contributed by atoms with Gasteiger partial charge in [-0.3, -0.25) is 4.79 Å². The molecule has 1 aliphatic carbocycles. The molecule has 0 spiro atoms. The van der Waals surface area contributed by atoms with E-state index < -0.39 is 0 Å². The molecule has 0 bridgehead atoms. The molecule has 8 heteroatoms. The van der Waals surface area contributed by atoms with Crippen LogP contribution in [0.5, 0.6) is 0 Å². The molecule has 0 atom stereocenters. The van der Waals surface area contributed by atoms with E-state index in [0.717, 1.165) is 39.2 Å². The molecule has 0 unspecified atom stereocenters. The summed E-state index contributed by atoms with van der Waals surface area (Å²) in [5.41, 5.74) is 1.69. The zero-order chi connectivity index (χ0) is 19.6. The van der Waals surface area contributed by atoms with Crippen molar-refractivity contribution in [2.24, 2.45) is 0 Å². The van der Waals surface area contributed by atoms with Gasteiger partial charge in [0.25, 0.3) is 5.91 Å². The minimum absolute atomic E-state index is 0.101. The molecular formula is C21H23N5OS2. The molecule has 1 saturated carbocycles. The van der Waals surface area contributed by atoms with Crippen LogP contribution in [-0.4, -0.2) is 57.2 Å². The van der Waals surface area contributed by atoms with E-state index >= 15 is 0 Å². The van der Waals surface area contributed by atoms with Crippen LogP contribution >= 0.6 is 23.1 Å². The van der Waals surface area contributed by atoms with Crippen molar-refractivity contribution in [3.63, 3.8) is 0 Å². The maximum atomic E-state index is 13.2. The van der Waals surface area contributed by atoms with Crippen molar-refractivity contribution in [3.8, 4) is 0 Å². The third-order valence-corrected chi connectivity index (χ3v) is 7.97. The first kappa shape index (κ1) is 18.8. The van der Waals surface area contributed by atoms with E-state index in [4.69, 9.17) is 4.98 Å². The van der Waals surface area contributed by atoms with Crippen molar-refractivity contribution in [2.75, 3.05) is 31.1 Å². The van der Waals surface area contributed by atoms with Crippen molar-refractivity contribution >= 4 is 44.5 Å². The summed E-state index contributed by atoms with van der Waals surface area (Å²) in [6.45, 7) is 2.98. The smallest absolute Gasteiger partial charge is 0.256 e. The first-order valence-electron chi connectivity index (χ1n) is 10.2. The zero-order valence-corrected chi connectivity index (χ0v) is 17.8. The van der Waals surface area contributed by atoms with Gasteiger partial charge in [0.15, 0.2) is 5.13 Å². The van der Waals surface area contributed by atoms with E-state index in [2.05, 4.69) is 14.9 Å². The molecule has 1 amide bonds. The van der Waals surface area contributed by atoms with Crippen LogP contribution < -0.4 is 4.90 Å². The lowest BCUT2D eigenvalue weighted by Gasteiger charge is -2.34. The number of thiazole rings is 1. The number of anilines is 1. The fourth-order valence-electron chi connectivity index (χ4n) is 3.98. The Bertz CT molecular complexity index is 976. The number of fused-ring (bicyclic) bond motifs is 1. The Hall–Kier alpha value is -2.19. The van der Waals surface area contributed by atoms with Crippen LogP contribution in [0.4, 0.5) is 5.13 Å². The monoisotopic (exact) mass is 425 g/mol. The largest absolute Gasteiger partial charge is 0.344 e. The first-order chi connectivity index (χ1) is 14.3. The summed E-state index contributed by atoms with van der Waals surface area (Å²) in [4.78, 5) is 32.0. The maximum Gasteiger partial charge on any atom is 0.256 e. The van der Waals surface area contributed by atoms with E-state index in [1.165, 1.54) is 25.7 Å². The van der Waals surface area contributed by atoms with Crippen LogP contribution in [-0.2, 0) is 0 Å². The van der Waals surface area contributed by atoms with Gasteiger partial charge >= 0.3 is 0 Å². The molecule has 3 aromatic rings. The number of pyridine rings is 2. The highest BCUT2D eigenvalue weighted by molar-refractivity contribution is 7.99. The van der Waals surface area contributed by atoms with Crippen molar-refractivity contribution in [3.05, 3.63) is 42.2 Å². The van der Waals surface area contributed by atoms with Crippen LogP contribution in [0.3, 0.4) is 0 Å². The quantitative estimate of drug-likeness (QED) is 0.628. The van der Waals surface area contributed by atoms with E-state index in [9.17, 15) is 4.79 Å². The molecule has 1 saturated heterocycles. The van der Waals surface area contributed by atoms with E-state index in [1.54, 1.807) is 35.5 Å². The average molecular weight is 426 g/mol. The molecule has 3 aromatic heterocycles. The highest BCUT2D eigenvalue weighted by Gasteiger charge is 2.27. The van der Waals surface area contributed by atoms with Crippen LogP contribution in [0, 0.1) is 0 Å². The molecule has 0 aromatic carbocycles. The summed E-state index contributed by atoms with van der Waals surface area (Å²) in [6.07, 6.45) is 8.63. The Morgan fingerprint density at radius 3 is 2.59 bits per heavy atom. The number of carbonyl (C=O) groups excluding carboxylic acids is 1. The van der Waals surface area contributed by atoms with Gasteiger partial charge in [-0.05, 0) is 37.1 Å². The second kappa shape index (κ2) is 8.28. The van der Waals surface area contributed by atoms with Crippen LogP contribution in [0.15, 0.2) is 41.7 Å². The predicted molar refractivity (Wildman–Crippen MR) is 118 cm³/mol. The summed E-state index contributed by atoms with van der Waals surface area (Å²) in [7, 11) is 0. The summed E-state index contributed by atoms with van der Waals surface area (Å²) in [5.74, 6) is 0.101. The first-order valence-corrected chi connectivity index (χ1v) is 11.8. The molecule has 4 heterocycles. The zero-order valence-electron chi connectivity index (χ0n) is 16.2. The summed E-state index contributed by atoms with van der Waals surface area (Å²) >= 11 is 3.40. The van der Waals surface area contributed by atoms with Crippen LogP contribution in [0.2, 0.25) is 0 Å². The van der Waals surface area contributed by atoms with Crippen LogP contribution in [0.1, 0.15) is 36.0 Å². The van der Waals surface area contributed by atoms with Gasteiger partial charge in [0, 0.05) is 43.8 Å². The third kappa shape index (κ3) is 3.96.